The molecule has 0 N–H and O–H groups in total. The fraction of sp³-hybridized carbons (Fsp3) is 0.182. The average Bonchev–Trinajstić information content (AvgIpc) is 2.73. The van der Waals surface area contributed by atoms with E-state index >= 15 is 0 Å². The quantitative estimate of drug-likeness (QED) is 0.439. The Hall–Kier alpha value is -1.54. The van der Waals surface area contributed by atoms with Crippen LogP contribution in [-0.4, -0.2) is 11.0 Å². The van der Waals surface area contributed by atoms with Gasteiger partial charge in [-0.1, -0.05) is 12.1 Å². The van der Waals surface area contributed by atoms with E-state index in [1.165, 1.54) is 5.56 Å². The maximum Gasteiger partial charge on any atom is 0.427 e. The van der Waals surface area contributed by atoms with Crippen molar-refractivity contribution >= 4 is 7.52 Å². The molecule has 1 unspecified atom stereocenters. The average molecular weight is 233 g/mol. The zero-order valence-electron chi connectivity index (χ0n) is 8.75. The minimum atomic E-state index is -2.76. The molecule has 80 valence electrons. The van der Waals surface area contributed by atoms with Crippen molar-refractivity contribution < 1.29 is 13.7 Å². The second-order valence-electron chi connectivity index (χ2n) is 4.28. The summed E-state index contributed by atoms with van der Waals surface area (Å²) in [5.41, 5.74) is 2.34. The number of hydrogen-bond donors (Lipinski definition) is 0. The highest BCUT2D eigenvalue weighted by Crippen LogP contribution is 2.55. The molecule has 4 nitrogen and oxygen atoms in total. The van der Waals surface area contributed by atoms with Crippen LogP contribution in [0, 0.1) is 0 Å². The van der Waals surface area contributed by atoms with E-state index in [1.54, 1.807) is 11.0 Å². The summed E-state index contributed by atoms with van der Waals surface area (Å²) in [6.45, 7) is 2.50. The predicted molar refractivity (Wildman–Crippen MR) is 58.7 cm³/mol. The molecule has 0 saturated carbocycles. The Kier molecular flexibility index (Phi) is 1.29. The molecular formula is C11H10N2O2P+. The van der Waals surface area contributed by atoms with E-state index in [2.05, 4.69) is 10.6 Å². The predicted octanol–water partition coefficient (Wildman–Crippen LogP) is 1.87. The van der Waals surface area contributed by atoms with Crippen LogP contribution in [0.1, 0.15) is 5.56 Å². The van der Waals surface area contributed by atoms with E-state index in [4.69, 9.17) is 4.52 Å². The van der Waals surface area contributed by atoms with Crippen LogP contribution in [0.3, 0.4) is 0 Å². The normalized spacial score (nSPS) is 24.1. The molecule has 1 aromatic carbocycles. The molecule has 3 heterocycles. The van der Waals surface area contributed by atoms with Gasteiger partial charge in [-0.2, -0.15) is 4.34 Å². The molecule has 0 aliphatic carbocycles. The first-order valence-corrected chi connectivity index (χ1v) is 7.20. The molecule has 1 atom stereocenters. The lowest BCUT2D eigenvalue weighted by Crippen LogP contribution is -2.30. The van der Waals surface area contributed by atoms with Crippen molar-refractivity contribution in [3.8, 4) is 17.1 Å². The van der Waals surface area contributed by atoms with Gasteiger partial charge in [0.25, 0.3) is 5.82 Å². The maximum absolute atomic E-state index is 12.4. The molecular weight excluding hydrogens is 223 g/mol. The Balaban J connectivity index is 2.20. The van der Waals surface area contributed by atoms with Crippen LogP contribution >= 0.6 is 7.52 Å². The van der Waals surface area contributed by atoms with Gasteiger partial charge in [0.15, 0.2) is 0 Å². The molecule has 0 amide bonds. The molecule has 1 aromatic heterocycles. The molecule has 5 heteroatoms. The van der Waals surface area contributed by atoms with Crippen LogP contribution in [-0.2, 0) is 11.1 Å². The number of nitrogens with zero attached hydrogens (tertiary/aromatic N) is 2. The van der Waals surface area contributed by atoms with Gasteiger partial charge >= 0.3 is 7.52 Å². The first kappa shape index (κ1) is 8.59. The second kappa shape index (κ2) is 2.41. The summed E-state index contributed by atoms with van der Waals surface area (Å²) < 4.78 is 21.9. The van der Waals surface area contributed by atoms with Crippen LogP contribution in [0.5, 0.6) is 5.75 Å². The van der Waals surface area contributed by atoms with Gasteiger partial charge in [0.05, 0.1) is 6.66 Å². The fourth-order valence-corrected chi connectivity index (χ4v) is 4.01. The topological polar surface area (TPSA) is 35.1 Å². The van der Waals surface area contributed by atoms with E-state index in [0.717, 1.165) is 23.7 Å². The Bertz CT molecular complexity index is 675. The van der Waals surface area contributed by atoms with Gasteiger partial charge in [0.1, 0.15) is 30.3 Å². The molecule has 2 aromatic rings. The lowest BCUT2D eigenvalue weighted by atomic mass is 10.1. The van der Waals surface area contributed by atoms with Gasteiger partial charge in [-0.05, 0) is 6.07 Å². The standard InChI is InChI=1S/C11H10N2O2P/c1-16(14)13-6-5-12-7-8-3-2-4-9(15-16)10(8)11(12)13/h2-6H,7H2,1H3/q+1. The number of imidazole rings is 1. The highest BCUT2D eigenvalue weighted by Gasteiger charge is 2.44. The summed E-state index contributed by atoms with van der Waals surface area (Å²) in [6.07, 6.45) is 3.80. The molecule has 2 aliphatic heterocycles. The number of aromatic nitrogens is 2. The highest BCUT2D eigenvalue weighted by molar-refractivity contribution is 7.57. The van der Waals surface area contributed by atoms with Crippen LogP contribution in [0.25, 0.3) is 11.4 Å². The first-order valence-electron chi connectivity index (χ1n) is 5.18. The SMILES string of the molecule is CP1(=O)Oc2cccc3c2-c2n1cc[n+]2C3. The summed E-state index contributed by atoms with van der Waals surface area (Å²) in [7, 11) is -2.76. The van der Waals surface area contributed by atoms with Crippen molar-refractivity contribution in [3.05, 3.63) is 36.2 Å². The largest absolute Gasteiger partial charge is 0.427 e. The van der Waals surface area contributed by atoms with E-state index in [0.29, 0.717) is 0 Å². The number of rotatable bonds is 0. The molecule has 0 radical (unpaired) electrons. The minimum Gasteiger partial charge on any atom is -0.412 e. The summed E-state index contributed by atoms with van der Waals surface area (Å²) >= 11 is 0. The number of hydrogen-bond acceptors (Lipinski definition) is 2. The van der Waals surface area contributed by atoms with Crippen molar-refractivity contribution in [2.45, 2.75) is 6.54 Å². The van der Waals surface area contributed by atoms with Gasteiger partial charge in [0, 0.05) is 5.56 Å². The van der Waals surface area contributed by atoms with E-state index in [1.807, 2.05) is 24.5 Å². The Morgan fingerprint density at radius 2 is 2.38 bits per heavy atom. The van der Waals surface area contributed by atoms with Gasteiger partial charge in [-0.3, -0.25) is 0 Å². The fourth-order valence-electron chi connectivity index (χ4n) is 2.54. The second-order valence-corrected chi connectivity index (χ2v) is 6.50. The summed E-state index contributed by atoms with van der Waals surface area (Å²) in [5.74, 6) is 1.77. The van der Waals surface area contributed by atoms with Crippen LogP contribution in [0.2, 0.25) is 0 Å². The molecule has 4 rings (SSSR count). The van der Waals surface area contributed by atoms with E-state index in [9.17, 15) is 4.57 Å². The van der Waals surface area contributed by atoms with Crippen molar-refractivity contribution in [2.75, 3.05) is 6.66 Å². The third-order valence-electron chi connectivity index (χ3n) is 3.21. The Morgan fingerprint density at radius 1 is 1.50 bits per heavy atom. The van der Waals surface area contributed by atoms with E-state index < -0.39 is 7.52 Å². The van der Waals surface area contributed by atoms with Gasteiger partial charge in [-0.15, -0.1) is 0 Å². The summed E-state index contributed by atoms with van der Waals surface area (Å²) in [4.78, 5) is 0. The molecule has 0 bridgehead atoms. The van der Waals surface area contributed by atoms with Crippen molar-refractivity contribution in [1.29, 1.82) is 0 Å². The molecule has 2 aliphatic rings. The Labute approximate surface area is 92.6 Å². The minimum absolute atomic E-state index is 0.751. The van der Waals surface area contributed by atoms with Crippen LogP contribution < -0.4 is 9.09 Å². The van der Waals surface area contributed by atoms with Crippen LogP contribution in [0.15, 0.2) is 30.6 Å². The third kappa shape index (κ3) is 0.828. The molecule has 16 heavy (non-hydrogen) atoms. The smallest absolute Gasteiger partial charge is 0.412 e. The lowest BCUT2D eigenvalue weighted by molar-refractivity contribution is -0.670. The summed E-state index contributed by atoms with van der Waals surface area (Å²) in [6, 6.07) is 5.93. The maximum atomic E-state index is 12.4. The zero-order chi connectivity index (χ0) is 10.9. The third-order valence-corrected chi connectivity index (χ3v) is 4.85. The Morgan fingerprint density at radius 3 is 3.25 bits per heavy atom. The first-order chi connectivity index (χ1) is 7.67. The van der Waals surface area contributed by atoms with Crippen molar-refractivity contribution in [2.24, 2.45) is 0 Å². The van der Waals surface area contributed by atoms with Gasteiger partial charge in [-0.25, -0.2) is 9.13 Å². The van der Waals surface area contributed by atoms with Crippen molar-refractivity contribution in [1.82, 2.24) is 4.34 Å². The summed E-state index contributed by atoms with van der Waals surface area (Å²) in [5, 5.41) is 0. The van der Waals surface area contributed by atoms with E-state index in [-0.39, 0.29) is 0 Å². The number of benzene rings is 1. The van der Waals surface area contributed by atoms with Gasteiger partial charge in [0.2, 0.25) is 0 Å². The molecule has 0 saturated heterocycles. The van der Waals surface area contributed by atoms with Crippen molar-refractivity contribution in [3.63, 3.8) is 0 Å². The monoisotopic (exact) mass is 233 g/mol. The molecule has 0 fully saturated rings. The lowest BCUT2D eigenvalue weighted by Gasteiger charge is -2.19. The molecule has 0 spiro atoms. The van der Waals surface area contributed by atoms with Gasteiger partial charge < -0.3 is 4.52 Å². The highest BCUT2D eigenvalue weighted by atomic mass is 31.2. The van der Waals surface area contributed by atoms with Crippen LogP contribution in [0.4, 0.5) is 0 Å². The zero-order valence-corrected chi connectivity index (χ0v) is 9.65.